The summed E-state index contributed by atoms with van der Waals surface area (Å²) >= 11 is 0. The summed E-state index contributed by atoms with van der Waals surface area (Å²) in [6.45, 7) is 7.23. The maximum absolute atomic E-state index is 13.0. The van der Waals surface area contributed by atoms with E-state index >= 15 is 0 Å². The van der Waals surface area contributed by atoms with Crippen LogP contribution in [0.5, 0.6) is 0 Å². The number of hydrogen-bond donors (Lipinski definition) is 7. The minimum absolute atomic E-state index is 0.0700. The Hall–Kier alpha value is -3.30. The minimum atomic E-state index is -1.57. The number of carboxylic acids is 4. The second-order valence-corrected chi connectivity index (χ2v) is 13.4. The highest BCUT2D eigenvalue weighted by Gasteiger charge is 2.37. The first-order valence-corrected chi connectivity index (χ1v) is 17.3. The molecule has 0 spiro atoms. The number of carbonyl (C=O) groups excluding carboxylic acids is 2. The van der Waals surface area contributed by atoms with Gasteiger partial charge in [0.15, 0.2) is 0 Å². The highest BCUT2D eigenvalue weighted by Crippen LogP contribution is 2.29. The van der Waals surface area contributed by atoms with Crippen LogP contribution < -0.4 is 5.73 Å². The van der Waals surface area contributed by atoms with Crippen LogP contribution in [0, 0.1) is 23.7 Å². The van der Waals surface area contributed by atoms with E-state index in [1.165, 1.54) is 0 Å². The first kappa shape index (κ1) is 45.7. The van der Waals surface area contributed by atoms with Crippen LogP contribution in [0.15, 0.2) is 0 Å². The second kappa shape index (κ2) is 24.8. The van der Waals surface area contributed by atoms with Gasteiger partial charge in [-0.05, 0) is 50.9 Å². The van der Waals surface area contributed by atoms with Crippen LogP contribution in [-0.4, -0.2) is 96.9 Å². The van der Waals surface area contributed by atoms with Gasteiger partial charge in [0.05, 0.1) is 49.7 Å². The van der Waals surface area contributed by atoms with Gasteiger partial charge in [-0.2, -0.15) is 0 Å². The summed E-state index contributed by atoms with van der Waals surface area (Å²) in [5, 5.41) is 57.6. The van der Waals surface area contributed by atoms with Crippen molar-refractivity contribution >= 4 is 35.8 Å². The average Bonchev–Trinajstić information content (AvgIpc) is 2.98. The van der Waals surface area contributed by atoms with E-state index in [4.69, 9.17) is 25.4 Å². The number of aliphatic hydroxyl groups excluding tert-OH is 2. The zero-order valence-corrected chi connectivity index (χ0v) is 29.3. The van der Waals surface area contributed by atoms with Gasteiger partial charge in [-0.15, -0.1) is 0 Å². The first-order valence-electron chi connectivity index (χ1n) is 17.3. The molecule has 0 aliphatic rings. The number of esters is 2. The Morgan fingerprint density at radius 1 is 0.633 bits per heavy atom. The quantitative estimate of drug-likeness (QED) is 0.0433. The van der Waals surface area contributed by atoms with E-state index in [9.17, 15) is 49.2 Å². The lowest BCUT2D eigenvalue weighted by Gasteiger charge is -2.33. The molecule has 15 nitrogen and oxygen atoms in total. The van der Waals surface area contributed by atoms with Crippen molar-refractivity contribution in [2.75, 3.05) is 0 Å². The van der Waals surface area contributed by atoms with E-state index in [1.807, 2.05) is 6.92 Å². The third-order valence-corrected chi connectivity index (χ3v) is 8.56. The molecule has 9 atom stereocenters. The molecule has 0 aromatic rings. The molecule has 0 bridgehead atoms. The third kappa shape index (κ3) is 21.4. The maximum atomic E-state index is 13.0. The largest absolute Gasteiger partial charge is 0.481 e. The molecule has 0 aromatic carbocycles. The van der Waals surface area contributed by atoms with Crippen LogP contribution in [0.1, 0.15) is 124 Å². The number of carbonyl (C=O) groups is 6. The Bertz CT molecular complexity index is 1030. The summed E-state index contributed by atoms with van der Waals surface area (Å²) in [6.07, 6.45) is -0.0465. The van der Waals surface area contributed by atoms with E-state index in [2.05, 4.69) is 0 Å². The zero-order valence-electron chi connectivity index (χ0n) is 29.3. The molecule has 0 rings (SSSR count). The summed E-state index contributed by atoms with van der Waals surface area (Å²) in [5.74, 6) is -11.8. The molecule has 0 saturated carbocycles. The van der Waals surface area contributed by atoms with Crippen LogP contribution in [0.3, 0.4) is 0 Å². The fraction of sp³-hybridized carbons (Fsp3) is 0.824. The van der Waals surface area contributed by atoms with Gasteiger partial charge < -0.3 is 45.8 Å². The molecule has 0 radical (unpaired) electrons. The number of unbranched alkanes of at least 4 members (excludes halogenated alkanes) is 4. The Morgan fingerprint density at radius 2 is 1.12 bits per heavy atom. The second-order valence-electron chi connectivity index (χ2n) is 13.4. The van der Waals surface area contributed by atoms with Crippen molar-refractivity contribution in [1.29, 1.82) is 0 Å². The number of carboxylic acid groups (broad SMARTS) is 4. The van der Waals surface area contributed by atoms with Crippen LogP contribution in [0.4, 0.5) is 0 Å². The molecule has 0 aliphatic heterocycles. The fourth-order valence-corrected chi connectivity index (χ4v) is 5.66. The third-order valence-electron chi connectivity index (χ3n) is 8.56. The number of nitrogens with two attached hydrogens (primary N) is 1. The minimum Gasteiger partial charge on any atom is -0.481 e. The van der Waals surface area contributed by atoms with Gasteiger partial charge in [0.25, 0.3) is 0 Å². The standard InChI is InChI=1S/C34H59NO14/c1-5-6-11-21(3)32(49-31(43)19-24(34(46)47)17-29(40)41)27(48-30(42)18-23(33(44)45)16-28(38)39)15-20(2)14-25(36)12-9-7-8-10-13-26(37)22(4)35/h20-27,32,36-37H,5-19,35H2,1-4H3,(H,38,39)(H,40,41)(H,44,45)(H,46,47)/t20-,21+,22+,23+,24-,25+,26-,27-,32+/m0/s1. The van der Waals surface area contributed by atoms with Crippen molar-refractivity contribution in [1.82, 2.24) is 0 Å². The van der Waals surface area contributed by atoms with E-state index in [0.29, 0.717) is 25.7 Å². The van der Waals surface area contributed by atoms with Crippen molar-refractivity contribution < 1.29 is 68.9 Å². The number of aliphatic carboxylic acids is 4. The summed E-state index contributed by atoms with van der Waals surface area (Å²) in [5.41, 5.74) is 5.68. The molecule has 0 aliphatic carbocycles. The Kier molecular flexibility index (Phi) is 23.1. The molecule has 0 fully saturated rings. The van der Waals surface area contributed by atoms with Crippen molar-refractivity contribution in [3.63, 3.8) is 0 Å². The van der Waals surface area contributed by atoms with Crippen molar-refractivity contribution in [2.45, 2.75) is 154 Å². The molecule has 0 aromatic heterocycles. The molecule has 0 unspecified atom stereocenters. The van der Waals surface area contributed by atoms with Gasteiger partial charge in [-0.1, -0.05) is 59.3 Å². The van der Waals surface area contributed by atoms with Crippen LogP contribution in [-0.2, 0) is 38.2 Å². The normalized spacial score (nSPS) is 17.0. The first-order chi connectivity index (χ1) is 22.9. The molecular formula is C34H59NO14. The van der Waals surface area contributed by atoms with E-state index in [1.54, 1.807) is 20.8 Å². The lowest BCUT2D eigenvalue weighted by atomic mass is 9.87. The van der Waals surface area contributed by atoms with Gasteiger partial charge in [-0.25, -0.2) is 0 Å². The van der Waals surface area contributed by atoms with Crippen LogP contribution >= 0.6 is 0 Å². The molecule has 8 N–H and O–H groups in total. The predicted octanol–water partition coefficient (Wildman–Crippen LogP) is 3.59. The van der Waals surface area contributed by atoms with Gasteiger partial charge >= 0.3 is 35.8 Å². The molecule has 0 saturated heterocycles. The molecule has 0 amide bonds. The van der Waals surface area contributed by atoms with Gasteiger partial charge in [-0.3, -0.25) is 28.8 Å². The van der Waals surface area contributed by atoms with E-state index in [0.717, 1.165) is 32.1 Å². The Labute approximate surface area is 288 Å². The lowest BCUT2D eigenvalue weighted by molar-refractivity contribution is -0.177. The topological polar surface area (TPSA) is 268 Å². The predicted molar refractivity (Wildman–Crippen MR) is 176 cm³/mol. The monoisotopic (exact) mass is 705 g/mol. The molecule has 49 heavy (non-hydrogen) atoms. The van der Waals surface area contributed by atoms with Crippen molar-refractivity contribution in [3.8, 4) is 0 Å². The number of ether oxygens (including phenoxy) is 2. The molecular weight excluding hydrogens is 646 g/mol. The number of aliphatic hydroxyl groups is 2. The summed E-state index contributed by atoms with van der Waals surface area (Å²) < 4.78 is 11.4. The van der Waals surface area contributed by atoms with Crippen molar-refractivity contribution in [2.24, 2.45) is 29.4 Å². The molecule has 0 heterocycles. The van der Waals surface area contributed by atoms with Gasteiger partial charge in [0.1, 0.15) is 12.2 Å². The summed E-state index contributed by atoms with van der Waals surface area (Å²) in [4.78, 5) is 71.6. The number of hydrogen-bond acceptors (Lipinski definition) is 11. The smallest absolute Gasteiger partial charge is 0.307 e. The van der Waals surface area contributed by atoms with Crippen LogP contribution in [0.25, 0.3) is 0 Å². The maximum Gasteiger partial charge on any atom is 0.307 e. The summed E-state index contributed by atoms with van der Waals surface area (Å²) in [7, 11) is 0. The van der Waals surface area contributed by atoms with E-state index < -0.39 is 104 Å². The Balaban J connectivity index is 5.94. The highest BCUT2D eigenvalue weighted by molar-refractivity contribution is 5.83. The highest BCUT2D eigenvalue weighted by atomic mass is 16.6. The molecule has 284 valence electrons. The van der Waals surface area contributed by atoms with Crippen LogP contribution in [0.2, 0.25) is 0 Å². The van der Waals surface area contributed by atoms with Gasteiger partial charge in [0, 0.05) is 6.04 Å². The van der Waals surface area contributed by atoms with E-state index in [-0.39, 0.29) is 24.8 Å². The fourth-order valence-electron chi connectivity index (χ4n) is 5.66. The van der Waals surface area contributed by atoms with Gasteiger partial charge in [0.2, 0.25) is 0 Å². The summed E-state index contributed by atoms with van der Waals surface area (Å²) in [6, 6.07) is -0.300. The zero-order chi connectivity index (χ0) is 37.7. The Morgan fingerprint density at radius 3 is 1.57 bits per heavy atom. The number of rotatable bonds is 29. The lowest BCUT2D eigenvalue weighted by Crippen LogP contribution is -2.42. The molecule has 15 heteroatoms. The van der Waals surface area contributed by atoms with Crippen molar-refractivity contribution in [3.05, 3.63) is 0 Å². The SMILES string of the molecule is CCCC[C@@H](C)[C@@H](OC(=O)C[C@H](CC(=O)O)C(=O)O)[C@H](C[C@@H](C)C[C@H](O)CCCCCC[C@H](O)[C@@H](C)N)OC(=O)C[C@@H](CC(=O)O)C(=O)O. The average molecular weight is 706 g/mol.